The second kappa shape index (κ2) is 5.26. The lowest BCUT2D eigenvalue weighted by Crippen LogP contribution is -2.43. The van der Waals surface area contributed by atoms with Crippen LogP contribution in [0.5, 0.6) is 0 Å². The molecule has 0 bridgehead atoms. The van der Waals surface area contributed by atoms with Crippen LogP contribution < -0.4 is 0 Å². The summed E-state index contributed by atoms with van der Waals surface area (Å²) in [5.41, 5.74) is 1.24. The highest BCUT2D eigenvalue weighted by molar-refractivity contribution is 8.00. The molecular weight excluding hydrogens is 228 g/mol. The van der Waals surface area contributed by atoms with Gasteiger partial charge >= 0.3 is 0 Å². The number of thioether (sulfide) groups is 1. The first-order chi connectivity index (χ1) is 7.77. The van der Waals surface area contributed by atoms with E-state index in [1.165, 1.54) is 5.56 Å². The van der Waals surface area contributed by atoms with E-state index in [-0.39, 0.29) is 15.9 Å². The summed E-state index contributed by atoms with van der Waals surface area (Å²) in [6.07, 6.45) is 0. The van der Waals surface area contributed by atoms with Crippen LogP contribution in [-0.4, -0.2) is 10.5 Å². The predicted octanol–water partition coefficient (Wildman–Crippen LogP) is 4.31. The van der Waals surface area contributed by atoms with Crippen LogP contribution in [0.2, 0.25) is 0 Å². The van der Waals surface area contributed by atoms with Gasteiger partial charge in [0.15, 0.2) is 0 Å². The minimum Gasteiger partial charge on any atom is -0.298 e. The Hall–Kier alpha value is -0.760. The molecule has 1 nitrogen and oxygen atoms in total. The molecule has 0 saturated heterocycles. The topological polar surface area (TPSA) is 17.1 Å². The first-order valence-corrected chi connectivity index (χ1v) is 6.95. The van der Waals surface area contributed by atoms with Crippen LogP contribution in [0.1, 0.15) is 40.2 Å². The predicted molar refractivity (Wildman–Crippen MR) is 76.3 cm³/mol. The van der Waals surface area contributed by atoms with Crippen molar-refractivity contribution in [3.05, 3.63) is 35.9 Å². The molecule has 0 aromatic heterocycles. The van der Waals surface area contributed by atoms with E-state index in [2.05, 4.69) is 39.8 Å². The molecule has 0 aliphatic heterocycles. The zero-order chi connectivity index (χ0) is 13.1. The molecular formula is C15H22OS. The van der Waals surface area contributed by atoms with Crippen molar-refractivity contribution in [1.29, 1.82) is 0 Å². The lowest BCUT2D eigenvalue weighted by Gasteiger charge is -2.39. The Kier molecular flexibility index (Phi) is 4.42. The fourth-order valence-corrected chi connectivity index (χ4v) is 2.93. The Labute approximate surface area is 109 Å². The minimum atomic E-state index is -0.331. The molecule has 1 atom stereocenters. The molecule has 0 N–H and O–H groups in total. The van der Waals surface area contributed by atoms with Crippen molar-refractivity contribution in [3.63, 3.8) is 0 Å². The summed E-state index contributed by atoms with van der Waals surface area (Å²) < 4.78 is -0.331. The maximum absolute atomic E-state index is 11.9. The van der Waals surface area contributed by atoms with Crippen LogP contribution in [0, 0.1) is 5.41 Å². The maximum atomic E-state index is 11.9. The van der Waals surface area contributed by atoms with E-state index in [1.54, 1.807) is 18.7 Å². The van der Waals surface area contributed by atoms with Gasteiger partial charge in [-0.1, -0.05) is 51.1 Å². The van der Waals surface area contributed by atoms with Crippen LogP contribution in [0.15, 0.2) is 30.3 Å². The molecule has 1 rings (SSSR count). The molecule has 0 fully saturated rings. The quantitative estimate of drug-likeness (QED) is 0.792. The van der Waals surface area contributed by atoms with E-state index in [0.29, 0.717) is 0 Å². The largest absolute Gasteiger partial charge is 0.298 e. The van der Waals surface area contributed by atoms with Crippen molar-refractivity contribution >= 4 is 17.5 Å². The molecule has 17 heavy (non-hydrogen) atoms. The van der Waals surface area contributed by atoms with Crippen molar-refractivity contribution in [3.8, 4) is 0 Å². The molecule has 1 aromatic carbocycles. The van der Waals surface area contributed by atoms with E-state index in [1.807, 2.05) is 18.2 Å². The molecule has 0 aliphatic carbocycles. The zero-order valence-corrected chi connectivity index (χ0v) is 12.2. The van der Waals surface area contributed by atoms with Gasteiger partial charge < -0.3 is 0 Å². The molecule has 94 valence electrons. The van der Waals surface area contributed by atoms with E-state index in [4.69, 9.17) is 0 Å². The number of benzene rings is 1. The van der Waals surface area contributed by atoms with Gasteiger partial charge in [-0.15, -0.1) is 11.8 Å². The Bertz CT molecular complexity index is 378. The van der Waals surface area contributed by atoms with Gasteiger partial charge in [0.25, 0.3) is 0 Å². The Morgan fingerprint density at radius 2 is 1.65 bits per heavy atom. The van der Waals surface area contributed by atoms with Crippen LogP contribution in [-0.2, 0) is 10.5 Å². The van der Waals surface area contributed by atoms with Gasteiger partial charge in [-0.3, -0.25) is 4.79 Å². The number of carbonyl (C=O) groups is 1. The van der Waals surface area contributed by atoms with Crippen LogP contribution in [0.4, 0.5) is 0 Å². The summed E-state index contributed by atoms with van der Waals surface area (Å²) in [4.78, 5) is 11.9. The molecule has 0 radical (unpaired) electrons. The molecule has 0 aliphatic rings. The fourth-order valence-electron chi connectivity index (χ4n) is 1.65. The van der Waals surface area contributed by atoms with Crippen molar-refractivity contribution < 1.29 is 4.79 Å². The molecule has 0 heterocycles. The third-order valence-electron chi connectivity index (χ3n) is 3.47. The van der Waals surface area contributed by atoms with Crippen molar-refractivity contribution in [1.82, 2.24) is 0 Å². The Morgan fingerprint density at radius 1 is 1.12 bits per heavy atom. The molecule has 2 heteroatoms. The smallest absolute Gasteiger partial charge is 0.146 e. The van der Waals surface area contributed by atoms with Gasteiger partial charge in [0.1, 0.15) is 5.78 Å². The van der Waals surface area contributed by atoms with Crippen molar-refractivity contribution in [2.45, 2.75) is 45.1 Å². The summed E-state index contributed by atoms with van der Waals surface area (Å²) >= 11 is 1.74. The summed E-state index contributed by atoms with van der Waals surface area (Å²) in [6.45, 7) is 10.2. The summed E-state index contributed by atoms with van der Waals surface area (Å²) in [5.74, 6) is 1.14. The first-order valence-electron chi connectivity index (χ1n) is 5.96. The number of Topliss-reactive ketones (excluding diaryl/α,β-unsaturated/α-hetero) is 1. The minimum absolute atomic E-state index is 0.0295. The zero-order valence-electron chi connectivity index (χ0n) is 11.4. The normalized spacial score (nSPS) is 15.4. The summed E-state index contributed by atoms with van der Waals surface area (Å²) in [7, 11) is 0. The van der Waals surface area contributed by atoms with Gasteiger partial charge in [0, 0.05) is 5.75 Å². The number of hydrogen-bond donors (Lipinski definition) is 0. The van der Waals surface area contributed by atoms with Gasteiger partial charge in [0.2, 0.25) is 0 Å². The number of ketones is 1. The van der Waals surface area contributed by atoms with Gasteiger partial charge in [-0.2, -0.15) is 0 Å². The van der Waals surface area contributed by atoms with E-state index < -0.39 is 0 Å². The van der Waals surface area contributed by atoms with Crippen LogP contribution >= 0.6 is 11.8 Å². The fraction of sp³-hybridized carbons (Fsp3) is 0.533. The summed E-state index contributed by atoms with van der Waals surface area (Å²) in [5, 5.41) is 0. The van der Waals surface area contributed by atoms with E-state index in [9.17, 15) is 4.79 Å². The van der Waals surface area contributed by atoms with Gasteiger partial charge in [-0.25, -0.2) is 0 Å². The Morgan fingerprint density at radius 3 is 2.06 bits per heavy atom. The van der Waals surface area contributed by atoms with Crippen molar-refractivity contribution in [2.75, 3.05) is 0 Å². The average Bonchev–Trinajstić information content (AvgIpc) is 2.25. The van der Waals surface area contributed by atoms with Crippen LogP contribution in [0.25, 0.3) is 0 Å². The molecule has 1 aromatic rings. The molecule has 0 saturated carbocycles. The van der Waals surface area contributed by atoms with E-state index in [0.717, 1.165) is 5.75 Å². The standard InChI is InChI=1S/C15H22OS/c1-12(16)15(5,14(2,3)4)17-11-13-9-7-6-8-10-13/h6-10H,11H2,1-5H3. The lowest BCUT2D eigenvalue weighted by molar-refractivity contribution is -0.121. The highest BCUT2D eigenvalue weighted by Gasteiger charge is 2.42. The van der Waals surface area contributed by atoms with E-state index >= 15 is 0 Å². The summed E-state index contributed by atoms with van der Waals surface area (Å²) in [6, 6.07) is 10.3. The lowest BCUT2D eigenvalue weighted by atomic mass is 9.79. The van der Waals surface area contributed by atoms with Gasteiger partial charge in [0.05, 0.1) is 4.75 Å². The second-order valence-electron chi connectivity index (χ2n) is 5.61. The molecule has 1 unspecified atom stereocenters. The number of rotatable bonds is 4. The highest BCUT2D eigenvalue weighted by Crippen LogP contribution is 2.43. The molecule has 0 spiro atoms. The SMILES string of the molecule is CC(=O)C(C)(SCc1ccccc1)C(C)(C)C. The first kappa shape index (κ1) is 14.3. The third-order valence-corrected chi connectivity index (χ3v) is 5.43. The van der Waals surface area contributed by atoms with Gasteiger partial charge in [-0.05, 0) is 24.8 Å². The highest BCUT2D eigenvalue weighted by atomic mass is 32.2. The molecule has 0 amide bonds. The third kappa shape index (κ3) is 3.35. The number of carbonyl (C=O) groups excluding carboxylic acids is 1. The Balaban J connectivity index is 2.80. The van der Waals surface area contributed by atoms with Crippen LogP contribution in [0.3, 0.4) is 0 Å². The second-order valence-corrected chi connectivity index (χ2v) is 7.01. The monoisotopic (exact) mass is 250 g/mol. The maximum Gasteiger partial charge on any atom is 0.146 e. The van der Waals surface area contributed by atoms with Crippen molar-refractivity contribution in [2.24, 2.45) is 5.41 Å². The average molecular weight is 250 g/mol. The number of hydrogen-bond acceptors (Lipinski definition) is 2.